The number of aromatic nitrogens is 2. The first-order valence-electron chi connectivity index (χ1n) is 11.2. The molecule has 0 saturated carbocycles. The van der Waals surface area contributed by atoms with Crippen LogP contribution >= 0.6 is 11.6 Å². The molecule has 12 heteroatoms. The van der Waals surface area contributed by atoms with Crippen molar-refractivity contribution in [3.8, 4) is 0 Å². The Labute approximate surface area is 208 Å². The van der Waals surface area contributed by atoms with Crippen molar-refractivity contribution in [2.45, 2.75) is 17.7 Å². The Morgan fingerprint density at radius 2 is 1.71 bits per heavy atom. The first kappa shape index (κ1) is 23.5. The summed E-state index contributed by atoms with van der Waals surface area (Å²) in [7, 11) is -3.82. The maximum atomic E-state index is 13.2. The summed E-state index contributed by atoms with van der Waals surface area (Å²) < 4.78 is 27.6. The highest BCUT2D eigenvalue weighted by atomic mass is 35.5. The third-order valence-electron chi connectivity index (χ3n) is 6.16. The lowest BCUT2D eigenvalue weighted by Gasteiger charge is -2.33. The van der Waals surface area contributed by atoms with E-state index in [-0.39, 0.29) is 36.4 Å². The van der Waals surface area contributed by atoms with Gasteiger partial charge in [-0.1, -0.05) is 23.7 Å². The minimum Gasteiger partial charge on any atom is -0.368 e. The van der Waals surface area contributed by atoms with Gasteiger partial charge in [-0.15, -0.1) is 0 Å². The minimum absolute atomic E-state index is 0.151. The van der Waals surface area contributed by atoms with E-state index in [1.807, 2.05) is 6.07 Å². The molecule has 1 amide bonds. The Hall–Kier alpha value is -3.28. The van der Waals surface area contributed by atoms with E-state index >= 15 is 0 Å². The smallest absolute Gasteiger partial charge is 0.258 e. The molecule has 2 fully saturated rings. The van der Waals surface area contributed by atoms with Crippen LogP contribution in [0.25, 0.3) is 10.8 Å². The number of anilines is 2. The Bertz CT molecular complexity index is 1420. The highest BCUT2D eigenvalue weighted by Crippen LogP contribution is 2.25. The summed E-state index contributed by atoms with van der Waals surface area (Å²) in [6.45, 7) is 1.53. The molecule has 0 aliphatic carbocycles. The number of hydrazone groups is 1. The van der Waals surface area contributed by atoms with E-state index in [1.54, 1.807) is 42.6 Å². The predicted molar refractivity (Wildman–Crippen MR) is 135 cm³/mol. The van der Waals surface area contributed by atoms with Crippen LogP contribution in [0.5, 0.6) is 0 Å². The largest absolute Gasteiger partial charge is 0.368 e. The molecule has 182 valence electrons. The number of piperidine rings is 1. The molecule has 1 aromatic heterocycles. The van der Waals surface area contributed by atoms with E-state index in [9.17, 15) is 13.2 Å². The number of amides is 1. The van der Waals surface area contributed by atoms with Crippen molar-refractivity contribution in [3.05, 3.63) is 53.7 Å². The maximum Gasteiger partial charge on any atom is 0.258 e. The quantitative estimate of drug-likeness (QED) is 0.567. The third kappa shape index (κ3) is 4.93. The molecule has 3 aromatic rings. The number of hydrogen-bond donors (Lipinski definition) is 1. The van der Waals surface area contributed by atoms with E-state index in [0.717, 1.165) is 22.3 Å². The van der Waals surface area contributed by atoms with Gasteiger partial charge in [-0.25, -0.2) is 18.4 Å². The molecular formula is C23H24ClN7O3S. The zero-order valence-electron chi connectivity index (χ0n) is 18.8. The minimum atomic E-state index is -3.82. The zero-order chi connectivity index (χ0) is 24.6. The average Bonchev–Trinajstić information content (AvgIpc) is 2.85. The number of piperazine rings is 1. The summed E-state index contributed by atoms with van der Waals surface area (Å²) >= 11 is 6.02. The van der Waals surface area contributed by atoms with Crippen LogP contribution in [-0.2, 0) is 14.8 Å². The van der Waals surface area contributed by atoms with Gasteiger partial charge in [0.25, 0.3) is 5.91 Å². The molecule has 2 aromatic carbocycles. The molecule has 0 atom stereocenters. The van der Waals surface area contributed by atoms with Crippen molar-refractivity contribution in [2.24, 2.45) is 5.10 Å². The predicted octanol–water partition coefficient (Wildman–Crippen LogP) is 2.35. The van der Waals surface area contributed by atoms with Gasteiger partial charge in [-0.05, 0) is 41.1 Å². The molecule has 35 heavy (non-hydrogen) atoms. The Morgan fingerprint density at radius 1 is 0.971 bits per heavy atom. The van der Waals surface area contributed by atoms with Gasteiger partial charge >= 0.3 is 0 Å². The monoisotopic (exact) mass is 513 g/mol. The van der Waals surface area contributed by atoms with Crippen molar-refractivity contribution in [2.75, 3.05) is 43.4 Å². The second-order valence-corrected chi connectivity index (χ2v) is 10.8. The number of halogens is 1. The summed E-state index contributed by atoms with van der Waals surface area (Å²) in [5.74, 6) is 0.655. The van der Waals surface area contributed by atoms with Gasteiger partial charge in [0.05, 0.1) is 18.0 Å². The molecule has 0 spiro atoms. The molecule has 0 radical (unpaired) electrons. The highest BCUT2D eigenvalue weighted by molar-refractivity contribution is 7.89. The number of fused-ring (bicyclic) bond motifs is 1. The van der Waals surface area contributed by atoms with Gasteiger partial charge in [0.2, 0.25) is 16.0 Å². The summed E-state index contributed by atoms with van der Waals surface area (Å²) in [6, 6.07) is 12.0. The van der Waals surface area contributed by atoms with Gasteiger partial charge in [-0.2, -0.15) is 14.4 Å². The topological polar surface area (TPSA) is 125 Å². The first-order chi connectivity index (χ1) is 16.8. The number of rotatable bonds is 4. The molecule has 0 bridgehead atoms. The molecule has 2 aliphatic rings. The summed E-state index contributed by atoms with van der Waals surface area (Å²) in [6.07, 6.45) is 2.98. The Morgan fingerprint density at radius 3 is 2.46 bits per heavy atom. The van der Waals surface area contributed by atoms with Crippen LogP contribution in [0.1, 0.15) is 12.8 Å². The summed E-state index contributed by atoms with van der Waals surface area (Å²) in [5, 5.41) is 8.13. The average molecular weight is 514 g/mol. The van der Waals surface area contributed by atoms with Gasteiger partial charge in [0.15, 0.2) is 0 Å². The standard InChI is InChI=1S/C23H24ClN7O3S/c24-18-3-1-17-14-20(4-2-16(17)13-18)35(33,34)30-11-12-31(22(32)15-30)28-19-6-9-29(10-7-19)21-5-8-26-23(25)27-21/h1-5,8,13-14H,6-7,9-12,15H2,(H2,25,26,27). The lowest BCUT2D eigenvalue weighted by molar-refractivity contribution is -0.134. The molecule has 2 aliphatic heterocycles. The van der Waals surface area contributed by atoms with Crippen LogP contribution < -0.4 is 10.6 Å². The van der Waals surface area contributed by atoms with Crippen molar-refractivity contribution < 1.29 is 13.2 Å². The van der Waals surface area contributed by atoms with E-state index < -0.39 is 10.0 Å². The van der Waals surface area contributed by atoms with Crippen LogP contribution in [0.3, 0.4) is 0 Å². The SMILES string of the molecule is Nc1nccc(N2CCC(=NN3CCN(S(=O)(=O)c4ccc5cc(Cl)ccc5c4)CC3=O)CC2)n1. The van der Waals surface area contributed by atoms with Crippen molar-refractivity contribution in [3.63, 3.8) is 0 Å². The molecule has 10 nitrogen and oxygen atoms in total. The van der Waals surface area contributed by atoms with Crippen molar-refractivity contribution >= 4 is 55.8 Å². The number of carbonyl (C=O) groups excluding carboxylic acids is 1. The summed E-state index contributed by atoms with van der Waals surface area (Å²) in [5.41, 5.74) is 6.58. The lowest BCUT2D eigenvalue weighted by Crippen LogP contribution is -2.50. The second kappa shape index (κ2) is 9.40. The van der Waals surface area contributed by atoms with Gasteiger partial charge < -0.3 is 10.6 Å². The number of hydrogen-bond acceptors (Lipinski definition) is 8. The maximum absolute atomic E-state index is 13.2. The van der Waals surface area contributed by atoms with Crippen LogP contribution in [-0.4, -0.2) is 72.0 Å². The number of nitrogens with zero attached hydrogens (tertiary/aromatic N) is 6. The van der Waals surface area contributed by atoms with Crippen LogP contribution in [0, 0.1) is 0 Å². The van der Waals surface area contributed by atoms with Gasteiger partial charge in [0.1, 0.15) is 5.82 Å². The van der Waals surface area contributed by atoms with Crippen LogP contribution in [0.4, 0.5) is 11.8 Å². The van der Waals surface area contributed by atoms with Crippen LogP contribution in [0.2, 0.25) is 5.02 Å². The van der Waals surface area contributed by atoms with E-state index in [4.69, 9.17) is 17.3 Å². The fourth-order valence-corrected chi connectivity index (χ4v) is 5.86. The third-order valence-corrected chi connectivity index (χ3v) is 8.23. The normalized spacial score (nSPS) is 17.7. The zero-order valence-corrected chi connectivity index (χ0v) is 20.4. The van der Waals surface area contributed by atoms with Crippen molar-refractivity contribution in [1.29, 1.82) is 0 Å². The molecule has 5 rings (SSSR count). The number of carbonyl (C=O) groups is 1. The number of nitrogens with two attached hydrogens (primary N) is 1. The molecular weight excluding hydrogens is 490 g/mol. The van der Waals surface area contributed by atoms with E-state index in [1.165, 1.54) is 9.31 Å². The number of benzene rings is 2. The lowest BCUT2D eigenvalue weighted by atomic mass is 10.1. The van der Waals surface area contributed by atoms with Crippen LogP contribution in [0.15, 0.2) is 58.7 Å². The highest BCUT2D eigenvalue weighted by Gasteiger charge is 2.33. The number of nitrogen functional groups attached to an aromatic ring is 1. The summed E-state index contributed by atoms with van der Waals surface area (Å²) in [4.78, 5) is 23.2. The molecule has 0 unspecified atom stereocenters. The Kier molecular flexibility index (Phi) is 6.30. The fraction of sp³-hybridized carbons (Fsp3) is 0.304. The van der Waals surface area contributed by atoms with Crippen molar-refractivity contribution in [1.82, 2.24) is 19.3 Å². The Balaban J connectivity index is 1.23. The molecule has 2 N–H and O–H groups in total. The second-order valence-electron chi connectivity index (χ2n) is 8.44. The molecule has 3 heterocycles. The van der Waals surface area contributed by atoms with Gasteiger partial charge in [-0.3, -0.25) is 4.79 Å². The molecule has 2 saturated heterocycles. The van der Waals surface area contributed by atoms with E-state index in [0.29, 0.717) is 31.0 Å². The van der Waals surface area contributed by atoms with E-state index in [2.05, 4.69) is 20.0 Å². The number of sulfonamides is 1. The van der Waals surface area contributed by atoms with Gasteiger partial charge in [0, 0.05) is 49.4 Å². The first-order valence-corrected chi connectivity index (χ1v) is 13.0. The fourth-order valence-electron chi connectivity index (χ4n) is 4.26.